The Kier molecular flexibility index (Phi) is 3.83. The van der Waals surface area contributed by atoms with Crippen molar-refractivity contribution in [3.05, 3.63) is 18.3 Å². The topological polar surface area (TPSA) is 93.2 Å². The zero-order chi connectivity index (χ0) is 13.0. The number of pyridine rings is 1. The third-order valence-electron chi connectivity index (χ3n) is 2.79. The minimum Gasteiger partial charge on any atom is -0.495 e. The van der Waals surface area contributed by atoms with Crippen LogP contribution in [-0.4, -0.2) is 48.9 Å². The van der Waals surface area contributed by atoms with E-state index in [1.165, 1.54) is 0 Å². The molecule has 0 aliphatic carbocycles. The van der Waals surface area contributed by atoms with Crippen LogP contribution in [0.4, 0.5) is 5.82 Å². The number of anilines is 1. The summed E-state index contributed by atoms with van der Waals surface area (Å²) in [6.07, 6.45) is 1.25. The van der Waals surface area contributed by atoms with Crippen molar-refractivity contribution < 1.29 is 14.7 Å². The lowest BCUT2D eigenvalue weighted by molar-refractivity contribution is 0.0804. The molecular formula is C11H16N4O3. The van der Waals surface area contributed by atoms with Crippen LogP contribution in [0.1, 0.15) is 0 Å². The quantitative estimate of drug-likeness (QED) is 0.341. The monoisotopic (exact) mass is 252 g/mol. The maximum atomic E-state index is 8.64. The SMILES string of the molecule is COc1ccc(N2CCOC(/C(N)=N/O)C2)nc1. The molecule has 0 radical (unpaired) electrons. The first-order valence-corrected chi connectivity index (χ1v) is 5.58. The summed E-state index contributed by atoms with van der Waals surface area (Å²) >= 11 is 0. The molecule has 7 nitrogen and oxygen atoms in total. The summed E-state index contributed by atoms with van der Waals surface area (Å²) in [5.41, 5.74) is 5.54. The van der Waals surface area contributed by atoms with Crippen LogP contribution in [-0.2, 0) is 4.74 Å². The third kappa shape index (κ3) is 2.62. The van der Waals surface area contributed by atoms with Gasteiger partial charge in [0.15, 0.2) is 5.84 Å². The van der Waals surface area contributed by atoms with Gasteiger partial charge in [0.1, 0.15) is 17.7 Å². The predicted octanol–water partition coefficient (Wildman–Crippen LogP) is 0.0418. The molecule has 1 aliphatic heterocycles. The molecule has 0 saturated carbocycles. The van der Waals surface area contributed by atoms with Crippen LogP contribution >= 0.6 is 0 Å². The van der Waals surface area contributed by atoms with Crippen LogP contribution in [0.5, 0.6) is 5.75 Å². The highest BCUT2D eigenvalue weighted by molar-refractivity contribution is 5.85. The smallest absolute Gasteiger partial charge is 0.170 e. The second kappa shape index (κ2) is 5.54. The average molecular weight is 252 g/mol. The van der Waals surface area contributed by atoms with E-state index in [4.69, 9.17) is 20.4 Å². The summed E-state index contributed by atoms with van der Waals surface area (Å²) < 4.78 is 10.5. The molecule has 7 heteroatoms. The van der Waals surface area contributed by atoms with Crippen LogP contribution in [0.3, 0.4) is 0 Å². The second-order valence-corrected chi connectivity index (χ2v) is 3.89. The number of oxime groups is 1. The summed E-state index contributed by atoms with van der Waals surface area (Å²) in [6, 6.07) is 3.71. The molecule has 2 heterocycles. The molecule has 3 N–H and O–H groups in total. The van der Waals surface area contributed by atoms with Gasteiger partial charge in [0.05, 0.1) is 26.5 Å². The van der Waals surface area contributed by atoms with Gasteiger partial charge in [-0.15, -0.1) is 0 Å². The number of hydrogen-bond acceptors (Lipinski definition) is 6. The lowest BCUT2D eigenvalue weighted by Crippen LogP contribution is -2.48. The number of amidine groups is 1. The number of nitrogens with two attached hydrogens (primary N) is 1. The Bertz CT molecular complexity index is 421. The molecule has 1 aromatic rings. The van der Waals surface area contributed by atoms with E-state index in [9.17, 15) is 0 Å². The van der Waals surface area contributed by atoms with Crippen molar-refractivity contribution >= 4 is 11.7 Å². The van der Waals surface area contributed by atoms with Crippen LogP contribution in [0.15, 0.2) is 23.5 Å². The Labute approximate surface area is 105 Å². The van der Waals surface area contributed by atoms with Crippen molar-refractivity contribution in [3.8, 4) is 5.75 Å². The van der Waals surface area contributed by atoms with Gasteiger partial charge in [-0.2, -0.15) is 0 Å². The first-order valence-electron chi connectivity index (χ1n) is 5.58. The van der Waals surface area contributed by atoms with E-state index in [0.29, 0.717) is 25.4 Å². The lowest BCUT2D eigenvalue weighted by atomic mass is 10.2. The van der Waals surface area contributed by atoms with Crippen LogP contribution in [0.25, 0.3) is 0 Å². The maximum absolute atomic E-state index is 8.64. The highest BCUT2D eigenvalue weighted by Crippen LogP contribution is 2.18. The molecule has 0 bridgehead atoms. The van der Waals surface area contributed by atoms with Crippen molar-refractivity contribution in [2.45, 2.75) is 6.10 Å². The Balaban J connectivity index is 2.08. The Morgan fingerprint density at radius 1 is 1.67 bits per heavy atom. The molecule has 1 unspecified atom stereocenters. The van der Waals surface area contributed by atoms with E-state index < -0.39 is 6.10 Å². The Morgan fingerprint density at radius 2 is 2.50 bits per heavy atom. The number of rotatable bonds is 3. The van der Waals surface area contributed by atoms with Gasteiger partial charge in [0.2, 0.25) is 0 Å². The number of morpholine rings is 1. The number of aromatic nitrogens is 1. The minimum atomic E-state index is -0.410. The fourth-order valence-electron chi connectivity index (χ4n) is 1.78. The van der Waals surface area contributed by atoms with Crippen molar-refractivity contribution in [1.82, 2.24) is 4.98 Å². The van der Waals surface area contributed by atoms with Crippen molar-refractivity contribution in [2.75, 3.05) is 31.7 Å². The fraction of sp³-hybridized carbons (Fsp3) is 0.455. The van der Waals surface area contributed by atoms with E-state index in [-0.39, 0.29) is 5.84 Å². The van der Waals surface area contributed by atoms with E-state index in [1.54, 1.807) is 13.3 Å². The van der Waals surface area contributed by atoms with Gasteiger partial charge in [-0.25, -0.2) is 4.98 Å². The van der Waals surface area contributed by atoms with Gasteiger partial charge in [-0.1, -0.05) is 5.16 Å². The van der Waals surface area contributed by atoms with Gasteiger partial charge in [0, 0.05) is 6.54 Å². The molecule has 0 amide bonds. The van der Waals surface area contributed by atoms with Gasteiger partial charge in [0.25, 0.3) is 0 Å². The molecule has 2 rings (SSSR count). The zero-order valence-electron chi connectivity index (χ0n) is 10.1. The predicted molar refractivity (Wildman–Crippen MR) is 66.2 cm³/mol. The number of ether oxygens (including phenoxy) is 2. The van der Waals surface area contributed by atoms with E-state index in [1.807, 2.05) is 17.0 Å². The summed E-state index contributed by atoms with van der Waals surface area (Å²) in [7, 11) is 1.60. The molecular weight excluding hydrogens is 236 g/mol. The summed E-state index contributed by atoms with van der Waals surface area (Å²) in [5, 5.41) is 11.6. The highest BCUT2D eigenvalue weighted by Gasteiger charge is 2.24. The summed E-state index contributed by atoms with van der Waals surface area (Å²) in [4.78, 5) is 6.31. The van der Waals surface area contributed by atoms with Gasteiger partial charge in [-0.05, 0) is 12.1 Å². The molecule has 1 atom stereocenters. The van der Waals surface area contributed by atoms with Crippen molar-refractivity contribution in [1.29, 1.82) is 0 Å². The van der Waals surface area contributed by atoms with Crippen LogP contribution < -0.4 is 15.4 Å². The van der Waals surface area contributed by atoms with E-state index in [0.717, 1.165) is 5.82 Å². The lowest BCUT2D eigenvalue weighted by Gasteiger charge is -2.32. The third-order valence-corrected chi connectivity index (χ3v) is 2.79. The molecule has 0 spiro atoms. The molecule has 98 valence electrons. The van der Waals surface area contributed by atoms with Crippen molar-refractivity contribution in [3.63, 3.8) is 0 Å². The second-order valence-electron chi connectivity index (χ2n) is 3.89. The Morgan fingerprint density at radius 3 is 3.11 bits per heavy atom. The average Bonchev–Trinajstić information content (AvgIpc) is 2.46. The number of nitrogens with zero attached hydrogens (tertiary/aromatic N) is 3. The van der Waals surface area contributed by atoms with Gasteiger partial charge in [-0.3, -0.25) is 0 Å². The highest BCUT2D eigenvalue weighted by atomic mass is 16.5. The first kappa shape index (κ1) is 12.4. The summed E-state index contributed by atoms with van der Waals surface area (Å²) in [6.45, 7) is 1.73. The largest absolute Gasteiger partial charge is 0.495 e. The van der Waals surface area contributed by atoms with E-state index >= 15 is 0 Å². The van der Waals surface area contributed by atoms with Crippen LogP contribution in [0.2, 0.25) is 0 Å². The first-order chi connectivity index (χ1) is 8.74. The van der Waals surface area contributed by atoms with Gasteiger partial charge >= 0.3 is 0 Å². The fourth-order valence-corrected chi connectivity index (χ4v) is 1.78. The maximum Gasteiger partial charge on any atom is 0.170 e. The van der Waals surface area contributed by atoms with Gasteiger partial charge < -0.3 is 25.3 Å². The molecule has 1 aliphatic rings. The molecule has 0 aromatic carbocycles. The zero-order valence-corrected chi connectivity index (χ0v) is 10.1. The van der Waals surface area contributed by atoms with Crippen molar-refractivity contribution in [2.24, 2.45) is 10.9 Å². The standard InChI is InChI=1S/C11H16N4O3/c1-17-8-2-3-10(13-6-8)15-4-5-18-9(7-15)11(12)14-16/h2-3,6,9,16H,4-5,7H2,1H3,(H2,12,14). The number of methoxy groups -OCH3 is 1. The minimum absolute atomic E-state index is 0.0770. The summed E-state index contributed by atoms with van der Waals surface area (Å²) in [5.74, 6) is 1.60. The molecule has 1 fully saturated rings. The van der Waals surface area contributed by atoms with E-state index in [2.05, 4.69) is 10.1 Å². The molecule has 18 heavy (non-hydrogen) atoms. The molecule has 1 aromatic heterocycles. The Hall–Kier alpha value is -2.02. The van der Waals surface area contributed by atoms with Crippen LogP contribution in [0, 0.1) is 0 Å². The number of hydrogen-bond donors (Lipinski definition) is 2. The molecule has 1 saturated heterocycles. The normalized spacial score (nSPS) is 20.8.